The third kappa shape index (κ3) is 4.12. The van der Waals surface area contributed by atoms with E-state index in [9.17, 15) is 18.8 Å². The van der Waals surface area contributed by atoms with Gasteiger partial charge in [0, 0.05) is 43.7 Å². The van der Waals surface area contributed by atoms with Crippen LogP contribution in [0.1, 0.15) is 34.5 Å². The van der Waals surface area contributed by atoms with Crippen LogP contribution in [-0.4, -0.2) is 72.8 Å². The summed E-state index contributed by atoms with van der Waals surface area (Å²) in [5.41, 5.74) is 1.40. The number of halogens is 1. The van der Waals surface area contributed by atoms with Gasteiger partial charge < -0.3 is 14.4 Å². The molecule has 0 bridgehead atoms. The molecule has 178 valence electrons. The van der Waals surface area contributed by atoms with Crippen LogP contribution in [0.4, 0.5) is 4.39 Å². The minimum atomic E-state index is -1.30. The van der Waals surface area contributed by atoms with E-state index in [1.807, 2.05) is 6.92 Å². The van der Waals surface area contributed by atoms with Crippen molar-refractivity contribution in [2.24, 2.45) is 5.92 Å². The lowest BCUT2D eigenvalue weighted by molar-refractivity contribution is -0.141. The van der Waals surface area contributed by atoms with E-state index >= 15 is 0 Å². The fraction of sp³-hybridized carbons (Fsp3) is 0.423. The molecule has 34 heavy (non-hydrogen) atoms. The Hall–Kier alpha value is -3.10. The second kappa shape index (κ2) is 9.27. The maximum atomic E-state index is 14.9. The molecular weight excluding hydrogens is 439 g/mol. The highest BCUT2D eigenvalue weighted by Crippen LogP contribution is 2.40. The molecule has 2 aromatic carbocycles. The summed E-state index contributed by atoms with van der Waals surface area (Å²) in [6.07, 6.45) is 0.674. The Bertz CT molecular complexity index is 1130. The Morgan fingerprint density at radius 2 is 1.85 bits per heavy atom. The zero-order valence-electron chi connectivity index (χ0n) is 19.0. The Kier molecular flexibility index (Phi) is 6.18. The molecule has 1 amide bonds. The lowest BCUT2D eigenvalue weighted by Crippen LogP contribution is -2.43. The van der Waals surface area contributed by atoms with Gasteiger partial charge in [-0.1, -0.05) is 18.2 Å². The number of ketones is 2. The van der Waals surface area contributed by atoms with E-state index in [0.29, 0.717) is 31.7 Å². The fourth-order valence-electron chi connectivity index (χ4n) is 5.12. The number of morpholine rings is 1. The number of nitrogens with zero attached hydrogens (tertiary/aromatic N) is 2. The zero-order chi connectivity index (χ0) is 23.8. The van der Waals surface area contributed by atoms with Gasteiger partial charge in [-0.2, -0.15) is 0 Å². The molecule has 2 aromatic rings. The smallest absolute Gasteiger partial charge is 0.291 e. The third-order valence-electron chi connectivity index (χ3n) is 6.85. The van der Waals surface area contributed by atoms with Crippen molar-refractivity contribution in [3.63, 3.8) is 0 Å². The van der Waals surface area contributed by atoms with Crippen molar-refractivity contribution >= 4 is 17.5 Å². The first kappa shape index (κ1) is 22.7. The molecule has 7 nitrogen and oxygen atoms in total. The highest BCUT2D eigenvalue weighted by molar-refractivity contribution is 6.44. The highest BCUT2D eigenvalue weighted by Gasteiger charge is 2.52. The molecule has 8 heteroatoms. The predicted octanol–water partition coefficient (Wildman–Crippen LogP) is 2.43. The first-order valence-corrected chi connectivity index (χ1v) is 11.7. The number of fused-ring (bicyclic) bond motifs is 1. The maximum absolute atomic E-state index is 14.9. The summed E-state index contributed by atoms with van der Waals surface area (Å²) in [6, 6.07) is 10.1. The van der Waals surface area contributed by atoms with Crippen molar-refractivity contribution in [1.29, 1.82) is 0 Å². The van der Waals surface area contributed by atoms with Crippen LogP contribution in [0.25, 0.3) is 0 Å². The van der Waals surface area contributed by atoms with Gasteiger partial charge in [-0.15, -0.1) is 0 Å². The fourth-order valence-corrected chi connectivity index (χ4v) is 5.12. The van der Waals surface area contributed by atoms with Gasteiger partial charge >= 0.3 is 0 Å². The van der Waals surface area contributed by atoms with Crippen molar-refractivity contribution in [3.05, 3.63) is 65.0 Å². The topological polar surface area (TPSA) is 76.2 Å². The number of hydrogen-bond acceptors (Lipinski definition) is 6. The SMILES string of the molecule is CC1Cc2cc(C(=O)C3C(=O)C(=O)N(CCN4CCOCC4)C3c3ccccc3F)ccc2O1. The van der Waals surface area contributed by atoms with E-state index in [1.54, 1.807) is 36.4 Å². The molecule has 0 saturated carbocycles. The number of hydrogen-bond donors (Lipinski definition) is 0. The van der Waals surface area contributed by atoms with Crippen LogP contribution >= 0.6 is 0 Å². The van der Waals surface area contributed by atoms with Gasteiger partial charge in [0.2, 0.25) is 5.78 Å². The summed E-state index contributed by atoms with van der Waals surface area (Å²) in [7, 11) is 0. The molecule has 3 unspecified atom stereocenters. The van der Waals surface area contributed by atoms with Crippen molar-refractivity contribution < 1.29 is 28.2 Å². The second-order valence-corrected chi connectivity index (χ2v) is 9.08. The van der Waals surface area contributed by atoms with Crippen molar-refractivity contribution in [2.45, 2.75) is 25.5 Å². The molecule has 3 atom stereocenters. The molecule has 3 aliphatic rings. The number of carbonyl (C=O) groups is 3. The number of rotatable bonds is 6. The van der Waals surface area contributed by atoms with Gasteiger partial charge in [-0.25, -0.2) is 4.39 Å². The number of ether oxygens (including phenoxy) is 2. The van der Waals surface area contributed by atoms with Gasteiger partial charge in [-0.05, 0) is 36.8 Å². The Labute approximate surface area is 197 Å². The van der Waals surface area contributed by atoms with Gasteiger partial charge in [0.25, 0.3) is 5.91 Å². The number of carbonyl (C=O) groups excluding carboxylic acids is 3. The standard InChI is InChI=1S/C26H27FN2O5/c1-16-14-18-15-17(6-7-21(18)34-16)24(30)22-23(19-4-2-3-5-20(19)27)29(26(32)25(22)31)9-8-28-10-12-33-13-11-28/h2-7,15-16,22-23H,8-14H2,1H3. The van der Waals surface area contributed by atoms with E-state index in [2.05, 4.69) is 4.90 Å². The Balaban J connectivity index is 1.48. The van der Waals surface area contributed by atoms with E-state index < -0.39 is 35.3 Å². The van der Waals surface area contributed by atoms with E-state index in [4.69, 9.17) is 9.47 Å². The van der Waals surface area contributed by atoms with Gasteiger partial charge in [0.1, 0.15) is 23.6 Å². The quantitative estimate of drug-likeness (QED) is 0.370. The third-order valence-corrected chi connectivity index (χ3v) is 6.85. The second-order valence-electron chi connectivity index (χ2n) is 9.08. The van der Waals surface area contributed by atoms with Crippen LogP contribution in [-0.2, 0) is 20.7 Å². The maximum Gasteiger partial charge on any atom is 0.291 e. The minimum Gasteiger partial charge on any atom is -0.490 e. The summed E-state index contributed by atoms with van der Waals surface area (Å²) in [4.78, 5) is 43.4. The van der Waals surface area contributed by atoms with Crippen LogP contribution in [0.2, 0.25) is 0 Å². The lowest BCUT2D eigenvalue weighted by Gasteiger charge is -2.31. The molecule has 0 aliphatic carbocycles. The van der Waals surface area contributed by atoms with Gasteiger partial charge in [0.15, 0.2) is 5.78 Å². The molecule has 2 fully saturated rings. The normalized spacial score (nSPS) is 24.9. The molecule has 0 radical (unpaired) electrons. The Morgan fingerprint density at radius 1 is 1.09 bits per heavy atom. The van der Waals surface area contributed by atoms with Crippen molar-refractivity contribution in [3.8, 4) is 5.75 Å². The average molecular weight is 467 g/mol. The van der Waals surface area contributed by atoms with Crippen LogP contribution in [0.15, 0.2) is 42.5 Å². The molecule has 5 rings (SSSR count). The van der Waals surface area contributed by atoms with Gasteiger partial charge in [-0.3, -0.25) is 19.3 Å². The largest absolute Gasteiger partial charge is 0.490 e. The van der Waals surface area contributed by atoms with Crippen molar-refractivity contribution in [1.82, 2.24) is 9.80 Å². The summed E-state index contributed by atoms with van der Waals surface area (Å²) in [5, 5.41) is 0. The molecule has 0 aromatic heterocycles. The summed E-state index contributed by atoms with van der Waals surface area (Å²) in [6.45, 7) is 5.33. The first-order chi connectivity index (χ1) is 16.4. The van der Waals surface area contributed by atoms with Crippen LogP contribution in [0.5, 0.6) is 5.75 Å². The molecule has 2 saturated heterocycles. The minimum absolute atomic E-state index is 0.0110. The van der Waals surface area contributed by atoms with Crippen LogP contribution in [0, 0.1) is 11.7 Å². The first-order valence-electron chi connectivity index (χ1n) is 11.7. The zero-order valence-corrected chi connectivity index (χ0v) is 19.0. The molecule has 3 aliphatic heterocycles. The molecule has 0 N–H and O–H groups in total. The number of likely N-dealkylation sites (tertiary alicyclic amines) is 1. The Morgan fingerprint density at radius 3 is 2.62 bits per heavy atom. The van der Waals surface area contributed by atoms with E-state index in [1.165, 1.54) is 11.0 Å². The molecule has 0 spiro atoms. The van der Waals surface area contributed by atoms with Crippen LogP contribution < -0.4 is 4.74 Å². The van der Waals surface area contributed by atoms with Crippen LogP contribution in [0.3, 0.4) is 0 Å². The van der Waals surface area contributed by atoms with Crippen molar-refractivity contribution in [2.75, 3.05) is 39.4 Å². The summed E-state index contributed by atoms with van der Waals surface area (Å²) < 4.78 is 26.0. The summed E-state index contributed by atoms with van der Waals surface area (Å²) in [5.74, 6) is -3.12. The highest BCUT2D eigenvalue weighted by atomic mass is 19.1. The predicted molar refractivity (Wildman–Crippen MR) is 121 cm³/mol. The lowest BCUT2D eigenvalue weighted by atomic mass is 9.85. The van der Waals surface area contributed by atoms with Gasteiger partial charge in [0.05, 0.1) is 19.3 Å². The number of amides is 1. The molecule has 3 heterocycles. The number of Topliss-reactive ketones (excluding diaryl/α,β-unsaturated/α-hetero) is 2. The monoisotopic (exact) mass is 466 g/mol. The van der Waals surface area contributed by atoms with E-state index in [-0.39, 0.29) is 18.2 Å². The number of benzene rings is 2. The van der Waals surface area contributed by atoms with E-state index in [0.717, 1.165) is 24.4 Å². The molecular formula is C26H27FN2O5. The average Bonchev–Trinajstić information content (AvgIpc) is 3.33. The summed E-state index contributed by atoms with van der Waals surface area (Å²) >= 11 is 0.